The van der Waals surface area contributed by atoms with Crippen molar-refractivity contribution < 1.29 is 9.90 Å². The highest BCUT2D eigenvalue weighted by molar-refractivity contribution is 5.93. The van der Waals surface area contributed by atoms with Crippen LogP contribution in [0.4, 0.5) is 0 Å². The lowest BCUT2D eigenvalue weighted by Gasteiger charge is -2.27. The molecule has 2 aliphatic heterocycles. The molecule has 5 heteroatoms. The smallest absolute Gasteiger partial charge is 0.270 e. The van der Waals surface area contributed by atoms with Crippen molar-refractivity contribution in [3.63, 3.8) is 0 Å². The van der Waals surface area contributed by atoms with E-state index in [9.17, 15) is 9.90 Å². The lowest BCUT2D eigenvalue weighted by Crippen LogP contribution is -2.34. The van der Waals surface area contributed by atoms with Crippen molar-refractivity contribution in [2.24, 2.45) is 5.92 Å². The third-order valence-electron chi connectivity index (χ3n) is 4.53. The van der Waals surface area contributed by atoms with Gasteiger partial charge in [0.2, 0.25) is 0 Å². The summed E-state index contributed by atoms with van der Waals surface area (Å²) in [5.74, 6) is 0.366. The summed E-state index contributed by atoms with van der Waals surface area (Å²) < 4.78 is 2.15. The molecule has 0 spiro atoms. The average Bonchev–Trinajstić information content (AvgIpc) is 3.16. The van der Waals surface area contributed by atoms with Crippen molar-refractivity contribution in [3.8, 4) is 0 Å². The number of nitrogens with one attached hydrogen (secondary N) is 1. The molecule has 1 aromatic heterocycles. The molecule has 2 saturated heterocycles. The number of aliphatic hydroxyl groups is 1. The third kappa shape index (κ3) is 2.60. The molecule has 1 aromatic rings. The Bertz CT molecular complexity index is 465. The van der Waals surface area contributed by atoms with Gasteiger partial charge >= 0.3 is 0 Å². The van der Waals surface area contributed by atoms with Gasteiger partial charge in [0.05, 0.1) is 0 Å². The number of amides is 1. The second-order valence-electron chi connectivity index (χ2n) is 5.87. The molecule has 3 rings (SSSR count). The Morgan fingerprint density at radius 2 is 2.15 bits per heavy atom. The van der Waals surface area contributed by atoms with E-state index >= 15 is 0 Å². The molecular weight excluding hydrogens is 254 g/mol. The van der Waals surface area contributed by atoms with Crippen LogP contribution in [0.3, 0.4) is 0 Å². The number of hydrogen-bond acceptors (Lipinski definition) is 3. The predicted octanol–water partition coefficient (Wildman–Crippen LogP) is 0.867. The van der Waals surface area contributed by atoms with Crippen LogP contribution in [0.1, 0.15) is 35.8 Å². The highest BCUT2D eigenvalue weighted by atomic mass is 16.3. The number of rotatable bonds is 3. The highest BCUT2D eigenvalue weighted by Crippen LogP contribution is 2.24. The second-order valence-corrected chi connectivity index (χ2v) is 5.87. The first kappa shape index (κ1) is 13.6. The van der Waals surface area contributed by atoms with E-state index in [1.165, 1.54) is 0 Å². The summed E-state index contributed by atoms with van der Waals surface area (Å²) in [6, 6.07) is 4.33. The maximum absolute atomic E-state index is 12.6. The first-order valence-electron chi connectivity index (χ1n) is 7.57. The Morgan fingerprint density at radius 3 is 2.85 bits per heavy atom. The van der Waals surface area contributed by atoms with E-state index in [-0.39, 0.29) is 18.4 Å². The van der Waals surface area contributed by atoms with Crippen molar-refractivity contribution >= 4 is 5.91 Å². The molecule has 1 amide bonds. The number of likely N-dealkylation sites (tertiary alicyclic amines) is 1. The molecule has 0 radical (unpaired) electrons. The number of hydrogen-bond donors (Lipinski definition) is 2. The summed E-state index contributed by atoms with van der Waals surface area (Å²) >= 11 is 0. The quantitative estimate of drug-likeness (QED) is 0.862. The summed E-state index contributed by atoms with van der Waals surface area (Å²) in [6.45, 7) is 3.67. The Balaban J connectivity index is 1.73. The van der Waals surface area contributed by atoms with Crippen molar-refractivity contribution in [1.29, 1.82) is 0 Å². The van der Waals surface area contributed by atoms with E-state index in [1.54, 1.807) is 0 Å². The minimum Gasteiger partial charge on any atom is -0.396 e. The Labute approximate surface area is 119 Å². The maximum atomic E-state index is 12.6. The number of aromatic nitrogens is 1. The van der Waals surface area contributed by atoms with E-state index in [0.29, 0.717) is 12.6 Å². The number of piperidine rings is 1. The highest BCUT2D eigenvalue weighted by Gasteiger charge is 2.29. The fourth-order valence-corrected chi connectivity index (χ4v) is 3.31. The SMILES string of the molecule is O=C(c1cccn1C1CCNCC1)N1CCC(CO)C1. The van der Waals surface area contributed by atoms with Crippen LogP contribution in [-0.4, -0.2) is 53.3 Å². The molecule has 1 unspecified atom stereocenters. The molecule has 2 fully saturated rings. The van der Waals surface area contributed by atoms with Gasteiger partial charge in [-0.1, -0.05) is 0 Å². The van der Waals surface area contributed by atoms with Gasteiger partial charge in [-0.15, -0.1) is 0 Å². The van der Waals surface area contributed by atoms with Crippen molar-refractivity contribution in [2.75, 3.05) is 32.8 Å². The lowest BCUT2D eigenvalue weighted by atomic mass is 10.1. The molecule has 3 heterocycles. The van der Waals surface area contributed by atoms with E-state index < -0.39 is 0 Å². The molecule has 0 saturated carbocycles. The minimum atomic E-state index is 0.115. The molecule has 0 aromatic carbocycles. The molecule has 2 N–H and O–H groups in total. The summed E-state index contributed by atoms with van der Waals surface area (Å²) in [5.41, 5.74) is 0.801. The van der Waals surface area contributed by atoms with Crippen LogP contribution >= 0.6 is 0 Å². The van der Waals surface area contributed by atoms with E-state index in [4.69, 9.17) is 0 Å². The van der Waals surface area contributed by atoms with Gasteiger partial charge < -0.3 is 19.9 Å². The van der Waals surface area contributed by atoms with Crippen LogP contribution in [0.25, 0.3) is 0 Å². The number of aliphatic hydroxyl groups excluding tert-OH is 1. The van der Waals surface area contributed by atoms with Gasteiger partial charge in [0.15, 0.2) is 0 Å². The molecule has 5 nitrogen and oxygen atoms in total. The zero-order valence-corrected chi connectivity index (χ0v) is 11.8. The predicted molar refractivity (Wildman–Crippen MR) is 76.7 cm³/mol. The second kappa shape index (κ2) is 5.97. The normalized spacial score (nSPS) is 24.2. The molecular formula is C15H23N3O2. The van der Waals surface area contributed by atoms with E-state index in [1.807, 2.05) is 23.2 Å². The summed E-state index contributed by atoms with van der Waals surface area (Å²) in [7, 11) is 0. The molecule has 1 atom stereocenters. The zero-order chi connectivity index (χ0) is 13.9. The van der Waals surface area contributed by atoms with Gasteiger partial charge in [-0.2, -0.15) is 0 Å². The van der Waals surface area contributed by atoms with Crippen LogP contribution in [0.2, 0.25) is 0 Å². The first-order valence-corrected chi connectivity index (χ1v) is 7.57. The Kier molecular flexibility index (Phi) is 4.08. The van der Waals surface area contributed by atoms with Crippen LogP contribution in [0.5, 0.6) is 0 Å². The van der Waals surface area contributed by atoms with E-state index in [0.717, 1.165) is 44.6 Å². The molecule has 20 heavy (non-hydrogen) atoms. The standard InChI is InChI=1S/C15H23N3O2/c19-11-12-5-9-17(10-12)15(20)14-2-1-8-18(14)13-3-6-16-7-4-13/h1-2,8,12-13,16,19H,3-7,9-11H2. The minimum absolute atomic E-state index is 0.115. The number of nitrogens with zero attached hydrogens (tertiary/aromatic N) is 2. The van der Waals surface area contributed by atoms with Crippen LogP contribution in [0, 0.1) is 5.92 Å². The van der Waals surface area contributed by atoms with Gasteiger partial charge in [-0.25, -0.2) is 0 Å². The van der Waals surface area contributed by atoms with Crippen LogP contribution < -0.4 is 5.32 Å². The first-order chi connectivity index (χ1) is 9.79. The Hall–Kier alpha value is -1.33. The Morgan fingerprint density at radius 1 is 1.35 bits per heavy atom. The maximum Gasteiger partial charge on any atom is 0.270 e. The van der Waals surface area contributed by atoms with Crippen molar-refractivity contribution in [1.82, 2.24) is 14.8 Å². The van der Waals surface area contributed by atoms with Crippen LogP contribution in [-0.2, 0) is 0 Å². The zero-order valence-electron chi connectivity index (χ0n) is 11.8. The molecule has 110 valence electrons. The van der Waals surface area contributed by atoms with Gasteiger partial charge in [0, 0.05) is 37.9 Å². The average molecular weight is 277 g/mol. The summed E-state index contributed by atoms with van der Waals surface area (Å²) in [6.07, 6.45) is 5.10. The molecule has 2 aliphatic rings. The largest absolute Gasteiger partial charge is 0.396 e. The lowest BCUT2D eigenvalue weighted by molar-refractivity contribution is 0.0767. The summed E-state index contributed by atoms with van der Waals surface area (Å²) in [5, 5.41) is 12.6. The van der Waals surface area contributed by atoms with Crippen molar-refractivity contribution in [2.45, 2.75) is 25.3 Å². The van der Waals surface area contributed by atoms with Gasteiger partial charge in [0.1, 0.15) is 5.69 Å². The fraction of sp³-hybridized carbons (Fsp3) is 0.667. The monoisotopic (exact) mass is 277 g/mol. The van der Waals surface area contributed by atoms with Gasteiger partial charge in [-0.05, 0) is 44.5 Å². The number of carbonyl (C=O) groups excluding carboxylic acids is 1. The fourth-order valence-electron chi connectivity index (χ4n) is 3.31. The van der Waals surface area contributed by atoms with Crippen LogP contribution in [0.15, 0.2) is 18.3 Å². The van der Waals surface area contributed by atoms with Gasteiger partial charge in [-0.3, -0.25) is 4.79 Å². The molecule has 0 aliphatic carbocycles. The van der Waals surface area contributed by atoms with Gasteiger partial charge in [0.25, 0.3) is 5.91 Å². The number of carbonyl (C=O) groups is 1. The molecule has 0 bridgehead atoms. The third-order valence-corrected chi connectivity index (χ3v) is 4.53. The topological polar surface area (TPSA) is 57.5 Å². The van der Waals surface area contributed by atoms with Crippen molar-refractivity contribution in [3.05, 3.63) is 24.0 Å². The summed E-state index contributed by atoms with van der Waals surface area (Å²) in [4.78, 5) is 14.5. The van der Waals surface area contributed by atoms with E-state index in [2.05, 4.69) is 9.88 Å².